The van der Waals surface area contributed by atoms with Crippen molar-refractivity contribution in [3.05, 3.63) is 95.6 Å². The van der Waals surface area contributed by atoms with Crippen molar-refractivity contribution in [3.8, 4) is 22.3 Å². The van der Waals surface area contributed by atoms with Gasteiger partial charge in [0.1, 0.15) is 11.6 Å². The third-order valence-corrected chi connectivity index (χ3v) is 5.89. The summed E-state index contributed by atoms with van der Waals surface area (Å²) in [6.45, 7) is 2.13. The van der Waals surface area contributed by atoms with Crippen LogP contribution in [0.2, 0.25) is 0 Å². The molecule has 0 saturated heterocycles. The minimum absolute atomic E-state index is 0.0775. The van der Waals surface area contributed by atoms with Crippen molar-refractivity contribution in [1.29, 1.82) is 0 Å². The first kappa shape index (κ1) is 23.0. The van der Waals surface area contributed by atoms with Crippen LogP contribution in [0.4, 0.5) is 22.0 Å². The molecule has 0 aliphatic carbocycles. The smallest absolute Gasteiger partial charge is 0.206 e. The zero-order chi connectivity index (χ0) is 23.6. The average molecular weight is 454 g/mol. The number of unbranched alkanes of at least 4 members (excludes halogenated alkanes) is 2. The summed E-state index contributed by atoms with van der Waals surface area (Å²) in [6, 6.07) is 19.2. The van der Waals surface area contributed by atoms with Crippen molar-refractivity contribution >= 4 is 10.8 Å². The zero-order valence-corrected chi connectivity index (χ0v) is 18.1. The van der Waals surface area contributed by atoms with E-state index in [-0.39, 0.29) is 11.2 Å². The van der Waals surface area contributed by atoms with Crippen LogP contribution >= 0.6 is 0 Å². The lowest BCUT2D eigenvalue weighted by Gasteiger charge is -2.11. The highest BCUT2D eigenvalue weighted by Gasteiger charge is 2.34. The lowest BCUT2D eigenvalue weighted by molar-refractivity contribution is -0.139. The second-order valence-electron chi connectivity index (χ2n) is 8.21. The number of benzene rings is 4. The molecule has 4 aromatic rings. The molecule has 4 aromatic carbocycles. The van der Waals surface area contributed by atoms with Gasteiger partial charge >= 0.3 is 6.18 Å². The van der Waals surface area contributed by atoms with Gasteiger partial charge in [0.05, 0.1) is 5.56 Å². The first-order chi connectivity index (χ1) is 15.8. The number of rotatable bonds is 6. The predicted octanol–water partition coefficient (Wildman–Crippen LogP) is 9.20. The molecule has 0 spiro atoms. The maximum atomic E-state index is 14.7. The van der Waals surface area contributed by atoms with Gasteiger partial charge in [-0.05, 0) is 58.7 Å². The summed E-state index contributed by atoms with van der Waals surface area (Å²) in [5.74, 6) is -1.53. The molecule has 0 atom stereocenters. The van der Waals surface area contributed by atoms with E-state index in [4.69, 9.17) is 0 Å². The molecule has 0 saturated carbocycles. The van der Waals surface area contributed by atoms with E-state index in [1.165, 1.54) is 12.1 Å². The summed E-state index contributed by atoms with van der Waals surface area (Å²) in [6.07, 6.45) is -0.604. The van der Waals surface area contributed by atoms with Gasteiger partial charge in [0, 0.05) is 10.9 Å². The minimum atomic E-state index is -4.74. The summed E-state index contributed by atoms with van der Waals surface area (Å²) >= 11 is 0. The molecule has 0 amide bonds. The average Bonchev–Trinajstić information content (AvgIpc) is 2.79. The maximum Gasteiger partial charge on any atom is 0.419 e. The summed E-state index contributed by atoms with van der Waals surface area (Å²) in [4.78, 5) is 0. The number of hydrogen-bond acceptors (Lipinski definition) is 0. The highest BCUT2D eigenvalue weighted by molar-refractivity contribution is 5.88. The quantitative estimate of drug-likeness (QED) is 0.201. The highest BCUT2D eigenvalue weighted by Crippen LogP contribution is 2.36. The number of hydrogen-bond donors (Lipinski definition) is 0. The van der Waals surface area contributed by atoms with Gasteiger partial charge in [0.2, 0.25) is 0 Å². The van der Waals surface area contributed by atoms with Crippen molar-refractivity contribution in [3.63, 3.8) is 0 Å². The van der Waals surface area contributed by atoms with Crippen molar-refractivity contribution in [2.45, 2.75) is 38.8 Å². The van der Waals surface area contributed by atoms with E-state index in [1.54, 1.807) is 24.3 Å². The van der Waals surface area contributed by atoms with Gasteiger partial charge < -0.3 is 0 Å². The standard InChI is InChI=1S/C28H23F5/c1-2-3-4-5-18-6-13-23(26(29)16-18)20-9-7-19(8-10-20)21-11-14-24-22(17-21)12-15-25(27(24)30)28(31,32)33/h6-17H,2-5H2,1H3. The van der Waals surface area contributed by atoms with Gasteiger partial charge in [0.15, 0.2) is 0 Å². The molecule has 0 heterocycles. The third-order valence-electron chi connectivity index (χ3n) is 5.89. The molecule has 0 radical (unpaired) electrons. The first-order valence-electron chi connectivity index (χ1n) is 11.0. The zero-order valence-electron chi connectivity index (χ0n) is 18.1. The van der Waals surface area contributed by atoms with Crippen LogP contribution in [0.5, 0.6) is 0 Å². The van der Waals surface area contributed by atoms with Gasteiger partial charge in [0.25, 0.3) is 0 Å². The SMILES string of the molecule is CCCCCc1ccc(-c2ccc(-c3ccc4c(F)c(C(F)(F)F)ccc4c3)cc2)c(F)c1. The van der Waals surface area contributed by atoms with Crippen LogP contribution in [-0.2, 0) is 12.6 Å². The number of fused-ring (bicyclic) bond motifs is 1. The Balaban J connectivity index is 1.59. The van der Waals surface area contributed by atoms with Crippen molar-refractivity contribution < 1.29 is 22.0 Å². The Bertz CT molecular complexity index is 1270. The maximum absolute atomic E-state index is 14.7. The number of alkyl halides is 3. The van der Waals surface area contributed by atoms with Crippen molar-refractivity contribution in [1.82, 2.24) is 0 Å². The molecular formula is C28H23F5. The van der Waals surface area contributed by atoms with Gasteiger partial charge in [-0.2, -0.15) is 13.2 Å². The molecule has 170 valence electrons. The summed E-state index contributed by atoms with van der Waals surface area (Å²) in [5.41, 5.74) is 2.50. The van der Waals surface area contributed by atoms with E-state index >= 15 is 0 Å². The van der Waals surface area contributed by atoms with Gasteiger partial charge in [-0.3, -0.25) is 0 Å². The van der Waals surface area contributed by atoms with Crippen LogP contribution in [0.25, 0.3) is 33.0 Å². The van der Waals surface area contributed by atoms with Crippen LogP contribution in [0.1, 0.15) is 37.3 Å². The molecule has 0 aromatic heterocycles. The molecule has 0 unspecified atom stereocenters. The number of halogens is 5. The Hall–Kier alpha value is -3.21. The Morgan fingerprint density at radius 2 is 1.39 bits per heavy atom. The van der Waals surface area contributed by atoms with E-state index in [0.29, 0.717) is 10.9 Å². The molecular weight excluding hydrogens is 431 g/mol. The fourth-order valence-electron chi connectivity index (χ4n) is 4.06. The molecule has 0 N–H and O–H groups in total. The molecule has 0 aliphatic heterocycles. The van der Waals surface area contributed by atoms with Crippen LogP contribution in [-0.4, -0.2) is 0 Å². The fourth-order valence-corrected chi connectivity index (χ4v) is 4.06. The minimum Gasteiger partial charge on any atom is -0.206 e. The molecule has 0 fully saturated rings. The van der Waals surface area contributed by atoms with E-state index < -0.39 is 17.6 Å². The van der Waals surface area contributed by atoms with Gasteiger partial charge in [-0.25, -0.2) is 8.78 Å². The molecule has 0 bridgehead atoms. The fraction of sp³-hybridized carbons (Fsp3) is 0.214. The monoisotopic (exact) mass is 454 g/mol. The molecule has 0 nitrogen and oxygen atoms in total. The second kappa shape index (κ2) is 9.34. The Morgan fingerprint density at radius 1 is 0.697 bits per heavy atom. The van der Waals surface area contributed by atoms with Crippen molar-refractivity contribution in [2.24, 2.45) is 0 Å². The summed E-state index contributed by atoms with van der Waals surface area (Å²) in [7, 11) is 0. The van der Waals surface area contributed by atoms with Crippen molar-refractivity contribution in [2.75, 3.05) is 0 Å². The van der Waals surface area contributed by atoms with Crippen LogP contribution in [0.3, 0.4) is 0 Å². The summed E-state index contributed by atoms with van der Waals surface area (Å²) < 4.78 is 67.9. The molecule has 4 rings (SSSR count). The molecule has 5 heteroatoms. The highest BCUT2D eigenvalue weighted by atomic mass is 19.4. The number of aryl methyl sites for hydroxylation is 1. The van der Waals surface area contributed by atoms with Gasteiger partial charge in [-0.1, -0.05) is 74.4 Å². The predicted molar refractivity (Wildman–Crippen MR) is 123 cm³/mol. The molecule has 0 aliphatic rings. The van der Waals surface area contributed by atoms with Crippen LogP contribution in [0.15, 0.2) is 72.8 Å². The van der Waals surface area contributed by atoms with E-state index in [9.17, 15) is 22.0 Å². The van der Waals surface area contributed by atoms with E-state index in [1.807, 2.05) is 30.3 Å². The first-order valence-corrected chi connectivity index (χ1v) is 11.0. The molecule has 33 heavy (non-hydrogen) atoms. The normalized spacial score (nSPS) is 11.8. The van der Waals surface area contributed by atoms with Crippen LogP contribution in [0, 0.1) is 11.6 Å². The summed E-state index contributed by atoms with van der Waals surface area (Å²) in [5, 5.41) is 0.304. The third kappa shape index (κ3) is 4.92. The van der Waals surface area contributed by atoms with E-state index in [2.05, 4.69) is 6.92 Å². The van der Waals surface area contributed by atoms with Gasteiger partial charge in [-0.15, -0.1) is 0 Å². The van der Waals surface area contributed by atoms with Crippen LogP contribution < -0.4 is 0 Å². The lowest BCUT2D eigenvalue weighted by Crippen LogP contribution is -2.08. The van der Waals surface area contributed by atoms with E-state index in [0.717, 1.165) is 54.0 Å². The largest absolute Gasteiger partial charge is 0.419 e. The Morgan fingerprint density at radius 3 is 2.06 bits per heavy atom. The topological polar surface area (TPSA) is 0 Å². The second-order valence-corrected chi connectivity index (χ2v) is 8.21. The Kier molecular flexibility index (Phi) is 6.50. The lowest BCUT2D eigenvalue weighted by atomic mass is 9.96. The Labute approximate surface area is 189 Å².